The van der Waals surface area contributed by atoms with Gasteiger partial charge in [0.1, 0.15) is 0 Å². The van der Waals surface area contributed by atoms with Gasteiger partial charge in [0.05, 0.1) is 12.5 Å². The molecule has 0 saturated carbocycles. The molecule has 0 spiro atoms. The lowest BCUT2D eigenvalue weighted by Crippen LogP contribution is -2.38. The Kier molecular flexibility index (Phi) is 6.98. The first-order valence-corrected chi connectivity index (χ1v) is 6.98. The summed E-state index contributed by atoms with van der Waals surface area (Å²) in [5.74, 6) is -1.48. The number of carbonyl (C=O) groups excluding carboxylic acids is 2. The summed E-state index contributed by atoms with van der Waals surface area (Å²) in [5.41, 5.74) is 0.981. The van der Waals surface area contributed by atoms with E-state index in [1.165, 1.54) is 0 Å². The van der Waals surface area contributed by atoms with Crippen molar-refractivity contribution in [3.8, 4) is 0 Å². The van der Waals surface area contributed by atoms with Gasteiger partial charge in [-0.25, -0.2) is 0 Å². The van der Waals surface area contributed by atoms with Gasteiger partial charge in [-0.2, -0.15) is 0 Å². The van der Waals surface area contributed by atoms with Crippen LogP contribution in [0.5, 0.6) is 0 Å². The molecule has 0 aliphatic rings. The number of carbonyl (C=O) groups is 3. The minimum atomic E-state index is -1.05. The van der Waals surface area contributed by atoms with Gasteiger partial charge in [0.15, 0.2) is 5.78 Å². The number of carboxylic acids is 1. The number of carboxylic acid groups (broad SMARTS) is 1. The van der Waals surface area contributed by atoms with Gasteiger partial charge in [-0.05, 0) is 24.3 Å². The molecule has 6 nitrogen and oxygen atoms in total. The second-order valence-electron chi connectivity index (χ2n) is 4.69. The number of benzene rings is 1. The van der Waals surface area contributed by atoms with Crippen LogP contribution in [0.15, 0.2) is 36.9 Å². The van der Waals surface area contributed by atoms with Crippen molar-refractivity contribution in [2.75, 3.05) is 11.9 Å². The van der Waals surface area contributed by atoms with E-state index in [0.29, 0.717) is 24.2 Å². The number of hydrogen-bond donors (Lipinski definition) is 3. The van der Waals surface area contributed by atoms with Gasteiger partial charge < -0.3 is 15.7 Å². The summed E-state index contributed by atoms with van der Waals surface area (Å²) in [6.07, 6.45) is 1.62. The quantitative estimate of drug-likeness (QED) is 0.478. The SMILES string of the molecule is C=CCNC(CC(=O)O)C(=O)c1ccc(NC(=O)CC)cc1. The molecule has 1 unspecified atom stereocenters. The van der Waals surface area contributed by atoms with Gasteiger partial charge in [0.25, 0.3) is 0 Å². The minimum absolute atomic E-state index is 0.115. The lowest BCUT2D eigenvalue weighted by atomic mass is 10.0. The summed E-state index contributed by atoms with van der Waals surface area (Å²) in [4.78, 5) is 34.5. The first kappa shape index (κ1) is 17.6. The molecule has 0 fully saturated rings. The molecule has 3 N–H and O–H groups in total. The monoisotopic (exact) mass is 304 g/mol. The zero-order chi connectivity index (χ0) is 16.5. The average molecular weight is 304 g/mol. The van der Waals surface area contributed by atoms with Crippen LogP contribution in [-0.4, -0.2) is 35.4 Å². The highest BCUT2D eigenvalue weighted by Gasteiger charge is 2.22. The van der Waals surface area contributed by atoms with Crippen LogP contribution in [0.4, 0.5) is 5.69 Å². The van der Waals surface area contributed by atoms with E-state index in [-0.39, 0.29) is 18.1 Å². The number of amides is 1. The lowest BCUT2D eigenvalue weighted by Gasteiger charge is -2.15. The third-order valence-electron chi connectivity index (χ3n) is 2.98. The number of rotatable bonds is 9. The van der Waals surface area contributed by atoms with Crippen LogP contribution in [0, 0.1) is 0 Å². The van der Waals surface area contributed by atoms with Gasteiger partial charge in [0, 0.05) is 24.2 Å². The normalized spacial score (nSPS) is 11.5. The molecule has 1 rings (SSSR count). The summed E-state index contributed by atoms with van der Waals surface area (Å²) in [6.45, 7) is 5.62. The fraction of sp³-hybridized carbons (Fsp3) is 0.312. The van der Waals surface area contributed by atoms with E-state index in [9.17, 15) is 14.4 Å². The van der Waals surface area contributed by atoms with E-state index in [1.54, 1.807) is 37.3 Å². The van der Waals surface area contributed by atoms with E-state index in [1.807, 2.05) is 0 Å². The maximum Gasteiger partial charge on any atom is 0.305 e. The van der Waals surface area contributed by atoms with Crippen molar-refractivity contribution in [3.63, 3.8) is 0 Å². The number of nitrogens with one attached hydrogen (secondary N) is 2. The van der Waals surface area contributed by atoms with Crippen molar-refractivity contribution in [1.29, 1.82) is 0 Å². The van der Waals surface area contributed by atoms with Crippen LogP contribution in [-0.2, 0) is 9.59 Å². The molecule has 0 aromatic heterocycles. The Morgan fingerprint density at radius 2 is 1.91 bits per heavy atom. The molecule has 1 amide bonds. The zero-order valence-corrected chi connectivity index (χ0v) is 12.5. The largest absolute Gasteiger partial charge is 0.481 e. The molecular weight excluding hydrogens is 284 g/mol. The Balaban J connectivity index is 2.82. The molecule has 0 saturated heterocycles. The topological polar surface area (TPSA) is 95.5 Å². The van der Waals surface area contributed by atoms with Crippen molar-refractivity contribution in [1.82, 2.24) is 5.32 Å². The Morgan fingerprint density at radius 1 is 1.27 bits per heavy atom. The first-order chi connectivity index (χ1) is 10.5. The highest BCUT2D eigenvalue weighted by Crippen LogP contribution is 2.13. The Morgan fingerprint density at radius 3 is 2.41 bits per heavy atom. The molecule has 1 atom stereocenters. The predicted molar refractivity (Wildman–Crippen MR) is 83.9 cm³/mol. The highest BCUT2D eigenvalue weighted by molar-refractivity contribution is 6.02. The van der Waals surface area contributed by atoms with E-state index in [0.717, 1.165) is 0 Å². The minimum Gasteiger partial charge on any atom is -0.481 e. The van der Waals surface area contributed by atoms with Crippen LogP contribution >= 0.6 is 0 Å². The Bertz CT molecular complexity index is 552. The summed E-state index contributed by atoms with van der Waals surface area (Å²) < 4.78 is 0. The lowest BCUT2D eigenvalue weighted by molar-refractivity contribution is -0.137. The Labute approximate surface area is 129 Å². The van der Waals surface area contributed by atoms with Gasteiger partial charge in [-0.3, -0.25) is 14.4 Å². The molecule has 118 valence electrons. The molecule has 0 aliphatic heterocycles. The average Bonchev–Trinajstić information content (AvgIpc) is 2.51. The van der Waals surface area contributed by atoms with Gasteiger partial charge in [-0.1, -0.05) is 13.0 Å². The summed E-state index contributed by atoms with van der Waals surface area (Å²) in [5, 5.41) is 14.4. The summed E-state index contributed by atoms with van der Waals surface area (Å²) in [6, 6.07) is 5.56. The summed E-state index contributed by atoms with van der Waals surface area (Å²) >= 11 is 0. The molecule has 6 heteroatoms. The molecule has 0 radical (unpaired) electrons. The van der Waals surface area contributed by atoms with Crippen LogP contribution in [0.2, 0.25) is 0 Å². The van der Waals surface area contributed by atoms with Crippen LogP contribution in [0.3, 0.4) is 0 Å². The predicted octanol–water partition coefficient (Wildman–Crippen LogP) is 1.84. The van der Waals surface area contributed by atoms with E-state index in [2.05, 4.69) is 17.2 Å². The standard InChI is InChI=1S/C16H20N2O4/c1-3-9-17-13(10-15(20)21)16(22)11-5-7-12(8-6-11)18-14(19)4-2/h3,5-8,13,17H,1,4,9-10H2,2H3,(H,18,19)(H,20,21). The molecular formula is C16H20N2O4. The van der Waals surface area contributed by atoms with Crippen LogP contribution in [0.1, 0.15) is 30.1 Å². The second kappa shape index (κ2) is 8.74. The third-order valence-corrected chi connectivity index (χ3v) is 2.98. The fourth-order valence-corrected chi connectivity index (χ4v) is 1.83. The van der Waals surface area contributed by atoms with E-state index >= 15 is 0 Å². The Hall–Kier alpha value is -2.47. The third kappa shape index (κ3) is 5.49. The number of Topliss-reactive ketones (excluding diaryl/α,β-unsaturated/α-hetero) is 1. The number of ketones is 1. The number of anilines is 1. The molecule has 1 aromatic carbocycles. The van der Waals surface area contributed by atoms with E-state index < -0.39 is 12.0 Å². The maximum atomic E-state index is 12.3. The van der Waals surface area contributed by atoms with Crippen molar-refractivity contribution < 1.29 is 19.5 Å². The van der Waals surface area contributed by atoms with Gasteiger partial charge in [0.2, 0.25) is 5.91 Å². The number of hydrogen-bond acceptors (Lipinski definition) is 4. The molecule has 1 aromatic rings. The molecule has 0 bridgehead atoms. The van der Waals surface area contributed by atoms with Crippen molar-refractivity contribution in [2.24, 2.45) is 0 Å². The van der Waals surface area contributed by atoms with Crippen molar-refractivity contribution >= 4 is 23.3 Å². The highest BCUT2D eigenvalue weighted by atomic mass is 16.4. The number of aliphatic carboxylic acids is 1. The molecule has 0 aliphatic carbocycles. The van der Waals surface area contributed by atoms with Gasteiger partial charge >= 0.3 is 5.97 Å². The van der Waals surface area contributed by atoms with E-state index in [4.69, 9.17) is 5.11 Å². The van der Waals surface area contributed by atoms with Gasteiger partial charge in [-0.15, -0.1) is 6.58 Å². The smallest absolute Gasteiger partial charge is 0.305 e. The van der Waals surface area contributed by atoms with Crippen molar-refractivity contribution in [2.45, 2.75) is 25.8 Å². The van der Waals surface area contributed by atoms with Crippen LogP contribution < -0.4 is 10.6 Å². The fourth-order valence-electron chi connectivity index (χ4n) is 1.83. The van der Waals surface area contributed by atoms with Crippen LogP contribution in [0.25, 0.3) is 0 Å². The second-order valence-corrected chi connectivity index (χ2v) is 4.69. The zero-order valence-electron chi connectivity index (χ0n) is 12.5. The summed E-state index contributed by atoms with van der Waals surface area (Å²) in [7, 11) is 0. The molecule has 22 heavy (non-hydrogen) atoms. The molecule has 0 heterocycles. The first-order valence-electron chi connectivity index (χ1n) is 6.98. The van der Waals surface area contributed by atoms with Crippen molar-refractivity contribution in [3.05, 3.63) is 42.5 Å². The maximum absolute atomic E-state index is 12.3.